The number of nitrogens with zero attached hydrogens (tertiary/aromatic N) is 4. The van der Waals surface area contributed by atoms with Crippen molar-refractivity contribution in [3.8, 4) is 11.4 Å². The average Bonchev–Trinajstić information content (AvgIpc) is 2.87. The molecule has 0 aliphatic rings. The molecule has 108 valence electrons. The van der Waals surface area contributed by atoms with Crippen LogP contribution in [0.15, 0.2) is 18.2 Å². The molecule has 0 spiro atoms. The molecule has 0 radical (unpaired) electrons. The average molecular weight is 273 g/mol. The number of nitrogen functional groups attached to an aromatic ring is 1. The Balaban J connectivity index is 2.38. The van der Waals surface area contributed by atoms with Crippen molar-refractivity contribution in [3.05, 3.63) is 23.8 Å². The second kappa shape index (κ2) is 6.03. The Labute approximate surface area is 120 Å². The van der Waals surface area contributed by atoms with E-state index in [0.29, 0.717) is 5.92 Å². The van der Waals surface area contributed by atoms with Crippen LogP contribution in [0.3, 0.4) is 0 Å². The predicted molar refractivity (Wildman–Crippen MR) is 81.2 cm³/mol. The van der Waals surface area contributed by atoms with Gasteiger partial charge in [-0.1, -0.05) is 32.4 Å². The minimum atomic E-state index is 0.258. The summed E-state index contributed by atoms with van der Waals surface area (Å²) in [6.07, 6.45) is 2.22. The van der Waals surface area contributed by atoms with Crippen molar-refractivity contribution < 1.29 is 0 Å². The molecule has 20 heavy (non-hydrogen) atoms. The molecule has 2 atom stereocenters. The van der Waals surface area contributed by atoms with Crippen LogP contribution in [-0.2, 0) is 0 Å². The maximum Gasteiger partial charge on any atom is 0.184 e. The largest absolute Gasteiger partial charge is 0.398 e. The minimum absolute atomic E-state index is 0.258. The van der Waals surface area contributed by atoms with Crippen molar-refractivity contribution >= 4 is 5.69 Å². The number of hydrogen-bond acceptors (Lipinski definition) is 4. The van der Waals surface area contributed by atoms with Gasteiger partial charge in [0, 0.05) is 11.3 Å². The first-order valence-corrected chi connectivity index (χ1v) is 7.17. The minimum Gasteiger partial charge on any atom is -0.398 e. The third-order valence-corrected chi connectivity index (χ3v) is 3.88. The number of tetrazole rings is 1. The van der Waals surface area contributed by atoms with E-state index in [9.17, 15) is 0 Å². The standard InChI is InChI=1S/C15H23N5/c1-5-10(2)9-12(4)20-15(17-18-19-20)14-11(3)7-6-8-13(14)16/h6-8,10,12H,5,9,16H2,1-4H3. The number of aryl methyl sites for hydroxylation is 1. The van der Waals surface area contributed by atoms with E-state index in [-0.39, 0.29) is 6.04 Å². The van der Waals surface area contributed by atoms with Crippen molar-refractivity contribution in [1.29, 1.82) is 0 Å². The first-order chi connectivity index (χ1) is 9.54. The van der Waals surface area contributed by atoms with Gasteiger partial charge >= 0.3 is 0 Å². The van der Waals surface area contributed by atoms with Crippen molar-refractivity contribution in [1.82, 2.24) is 20.2 Å². The highest BCUT2D eigenvalue weighted by Crippen LogP contribution is 2.30. The fraction of sp³-hybridized carbons (Fsp3) is 0.533. The van der Waals surface area contributed by atoms with E-state index in [1.165, 1.54) is 0 Å². The highest BCUT2D eigenvalue weighted by molar-refractivity contribution is 5.74. The Bertz CT molecular complexity index is 555. The number of nitrogens with two attached hydrogens (primary N) is 1. The third kappa shape index (κ3) is 2.81. The lowest BCUT2D eigenvalue weighted by molar-refractivity contribution is 0.371. The zero-order valence-corrected chi connectivity index (χ0v) is 12.7. The first-order valence-electron chi connectivity index (χ1n) is 7.17. The van der Waals surface area contributed by atoms with Gasteiger partial charge in [-0.2, -0.15) is 0 Å². The van der Waals surface area contributed by atoms with E-state index in [1.54, 1.807) is 0 Å². The van der Waals surface area contributed by atoms with Gasteiger partial charge in [-0.25, -0.2) is 4.68 Å². The summed E-state index contributed by atoms with van der Waals surface area (Å²) in [7, 11) is 0. The van der Waals surface area contributed by atoms with E-state index < -0.39 is 0 Å². The molecule has 2 N–H and O–H groups in total. The quantitative estimate of drug-likeness (QED) is 0.849. The van der Waals surface area contributed by atoms with Crippen LogP contribution in [-0.4, -0.2) is 20.2 Å². The van der Waals surface area contributed by atoms with Gasteiger partial charge in [-0.3, -0.25) is 0 Å². The fourth-order valence-electron chi connectivity index (χ4n) is 2.50. The number of anilines is 1. The van der Waals surface area contributed by atoms with E-state index in [2.05, 4.69) is 36.3 Å². The summed E-state index contributed by atoms with van der Waals surface area (Å²) in [5, 5.41) is 12.2. The molecule has 1 heterocycles. The summed E-state index contributed by atoms with van der Waals surface area (Å²) in [5.41, 5.74) is 8.85. The van der Waals surface area contributed by atoms with Gasteiger partial charge in [0.1, 0.15) is 0 Å². The molecule has 2 unspecified atom stereocenters. The van der Waals surface area contributed by atoms with Crippen LogP contribution >= 0.6 is 0 Å². The van der Waals surface area contributed by atoms with Crippen LogP contribution in [0.1, 0.15) is 45.2 Å². The maximum atomic E-state index is 6.10. The number of benzene rings is 1. The smallest absolute Gasteiger partial charge is 0.184 e. The lowest BCUT2D eigenvalue weighted by Gasteiger charge is -2.18. The first kappa shape index (κ1) is 14.5. The van der Waals surface area contributed by atoms with E-state index in [1.807, 2.05) is 29.8 Å². The van der Waals surface area contributed by atoms with Crippen LogP contribution in [0.25, 0.3) is 11.4 Å². The highest BCUT2D eigenvalue weighted by Gasteiger charge is 2.19. The molecule has 0 bridgehead atoms. The Morgan fingerprint density at radius 1 is 1.30 bits per heavy atom. The normalized spacial score (nSPS) is 14.2. The van der Waals surface area contributed by atoms with Gasteiger partial charge in [-0.05, 0) is 48.2 Å². The zero-order chi connectivity index (χ0) is 14.7. The summed E-state index contributed by atoms with van der Waals surface area (Å²) in [6, 6.07) is 6.13. The maximum absolute atomic E-state index is 6.10. The Morgan fingerprint density at radius 2 is 2.05 bits per heavy atom. The molecule has 5 nitrogen and oxygen atoms in total. The van der Waals surface area contributed by atoms with E-state index >= 15 is 0 Å². The highest BCUT2D eigenvalue weighted by atomic mass is 15.5. The molecule has 0 saturated heterocycles. The van der Waals surface area contributed by atoms with Gasteiger partial charge in [0.2, 0.25) is 0 Å². The lowest BCUT2D eigenvalue weighted by atomic mass is 10.00. The summed E-state index contributed by atoms with van der Waals surface area (Å²) in [5.74, 6) is 1.41. The van der Waals surface area contributed by atoms with Crippen molar-refractivity contribution in [2.45, 2.75) is 46.6 Å². The molecule has 5 heteroatoms. The molecule has 0 aliphatic carbocycles. The van der Waals surface area contributed by atoms with Crippen LogP contribution < -0.4 is 5.73 Å². The Morgan fingerprint density at radius 3 is 2.70 bits per heavy atom. The fourth-order valence-corrected chi connectivity index (χ4v) is 2.50. The topological polar surface area (TPSA) is 69.6 Å². The molecule has 2 aromatic rings. The van der Waals surface area contributed by atoms with Crippen molar-refractivity contribution in [2.24, 2.45) is 5.92 Å². The number of rotatable bonds is 5. The van der Waals surface area contributed by atoms with Gasteiger partial charge < -0.3 is 5.73 Å². The van der Waals surface area contributed by atoms with Crippen LogP contribution in [0.4, 0.5) is 5.69 Å². The molecular weight excluding hydrogens is 250 g/mol. The molecule has 2 rings (SSSR count). The van der Waals surface area contributed by atoms with Crippen LogP contribution in [0.5, 0.6) is 0 Å². The zero-order valence-electron chi connectivity index (χ0n) is 12.7. The second-order valence-electron chi connectivity index (χ2n) is 5.58. The summed E-state index contributed by atoms with van der Waals surface area (Å²) < 4.78 is 1.89. The molecule has 0 amide bonds. The molecular formula is C15H23N5. The van der Waals surface area contributed by atoms with Gasteiger partial charge in [-0.15, -0.1) is 5.10 Å². The Hall–Kier alpha value is -1.91. The van der Waals surface area contributed by atoms with E-state index in [0.717, 1.165) is 35.5 Å². The lowest BCUT2D eigenvalue weighted by Crippen LogP contribution is -2.13. The second-order valence-corrected chi connectivity index (χ2v) is 5.58. The molecule has 0 saturated carbocycles. The predicted octanol–water partition coefficient (Wildman–Crippen LogP) is 3.23. The van der Waals surface area contributed by atoms with Crippen LogP contribution in [0, 0.1) is 12.8 Å². The van der Waals surface area contributed by atoms with Gasteiger partial charge in [0.05, 0.1) is 6.04 Å². The number of hydrogen-bond donors (Lipinski definition) is 1. The van der Waals surface area contributed by atoms with Crippen molar-refractivity contribution in [2.75, 3.05) is 5.73 Å². The molecule has 1 aromatic carbocycles. The monoisotopic (exact) mass is 273 g/mol. The van der Waals surface area contributed by atoms with E-state index in [4.69, 9.17) is 5.73 Å². The molecule has 1 aromatic heterocycles. The Kier molecular flexibility index (Phi) is 4.37. The van der Waals surface area contributed by atoms with Gasteiger partial charge in [0.15, 0.2) is 5.82 Å². The molecule has 0 aliphatic heterocycles. The molecule has 0 fully saturated rings. The van der Waals surface area contributed by atoms with Crippen LogP contribution in [0.2, 0.25) is 0 Å². The SMILES string of the molecule is CCC(C)CC(C)n1nnnc1-c1c(C)cccc1N. The summed E-state index contributed by atoms with van der Waals surface area (Å²) >= 11 is 0. The third-order valence-electron chi connectivity index (χ3n) is 3.88. The number of aromatic nitrogens is 4. The summed E-state index contributed by atoms with van der Waals surface area (Å²) in [4.78, 5) is 0. The van der Waals surface area contributed by atoms with Gasteiger partial charge in [0.25, 0.3) is 0 Å². The summed E-state index contributed by atoms with van der Waals surface area (Å²) in [6.45, 7) is 8.64. The van der Waals surface area contributed by atoms with Crippen molar-refractivity contribution in [3.63, 3.8) is 0 Å².